The molecule has 0 aliphatic carbocycles. The fourth-order valence-corrected chi connectivity index (χ4v) is 3.74. The Morgan fingerprint density at radius 2 is 0.971 bits per heavy atom. The molecule has 0 bridgehead atoms. The highest BCUT2D eigenvalue weighted by atomic mass is 16.5. The lowest BCUT2D eigenvalue weighted by atomic mass is 9.96. The molecule has 0 heterocycles. The second-order valence-corrected chi connectivity index (χ2v) is 7.56. The molecule has 0 amide bonds. The minimum absolute atomic E-state index is 0.334. The van der Waals surface area contributed by atoms with E-state index in [0.29, 0.717) is 22.4 Å². The van der Waals surface area contributed by atoms with Gasteiger partial charge in [-0.2, -0.15) is 5.26 Å². The summed E-state index contributed by atoms with van der Waals surface area (Å²) in [4.78, 5) is 3.71. The fourth-order valence-electron chi connectivity index (χ4n) is 3.74. The molecule has 0 saturated heterocycles. The second-order valence-electron chi connectivity index (χ2n) is 7.56. The SMILES string of the molecule is [C-]#[N+]C(=C(C#N)c1ccc(-c2ccc(OC)cc2)cc1)c1ccc(-c2ccc(OC)cc2)cc1. The largest absolute Gasteiger partial charge is 0.497 e. The zero-order chi connectivity index (χ0) is 23.9. The summed E-state index contributed by atoms with van der Waals surface area (Å²) in [6.45, 7) is 7.75. The summed E-state index contributed by atoms with van der Waals surface area (Å²) in [7, 11) is 3.28. The first kappa shape index (κ1) is 22.4. The lowest BCUT2D eigenvalue weighted by Crippen LogP contribution is -1.89. The highest BCUT2D eigenvalue weighted by Crippen LogP contribution is 2.31. The second kappa shape index (κ2) is 10.2. The third kappa shape index (κ3) is 4.67. The highest BCUT2D eigenvalue weighted by Gasteiger charge is 2.13. The van der Waals surface area contributed by atoms with Crippen molar-refractivity contribution in [2.75, 3.05) is 14.2 Å². The Morgan fingerprint density at radius 3 is 1.29 bits per heavy atom. The number of methoxy groups -OCH3 is 2. The average molecular weight is 443 g/mol. The van der Waals surface area contributed by atoms with E-state index >= 15 is 0 Å². The maximum absolute atomic E-state index is 9.89. The van der Waals surface area contributed by atoms with Crippen LogP contribution in [0.3, 0.4) is 0 Å². The van der Waals surface area contributed by atoms with Gasteiger partial charge in [0.2, 0.25) is 5.70 Å². The summed E-state index contributed by atoms with van der Waals surface area (Å²) >= 11 is 0. The summed E-state index contributed by atoms with van der Waals surface area (Å²) in [6, 6.07) is 33.2. The van der Waals surface area contributed by atoms with Crippen molar-refractivity contribution < 1.29 is 9.47 Å². The van der Waals surface area contributed by atoms with Crippen LogP contribution in [0.4, 0.5) is 0 Å². The van der Waals surface area contributed by atoms with Gasteiger partial charge in [-0.15, -0.1) is 0 Å². The number of allylic oxidation sites excluding steroid dienone is 1. The third-order valence-corrected chi connectivity index (χ3v) is 5.64. The van der Waals surface area contributed by atoms with Crippen molar-refractivity contribution in [3.63, 3.8) is 0 Å². The maximum atomic E-state index is 9.89. The van der Waals surface area contributed by atoms with Gasteiger partial charge in [-0.25, -0.2) is 4.85 Å². The van der Waals surface area contributed by atoms with E-state index in [9.17, 15) is 5.26 Å². The van der Waals surface area contributed by atoms with Crippen molar-refractivity contribution in [2.24, 2.45) is 0 Å². The first-order valence-corrected chi connectivity index (χ1v) is 10.7. The predicted octanol–water partition coefficient (Wildman–Crippen LogP) is 7.35. The number of ether oxygens (including phenoxy) is 2. The Labute approximate surface area is 199 Å². The maximum Gasteiger partial charge on any atom is 0.212 e. The van der Waals surface area contributed by atoms with Crippen LogP contribution in [0.2, 0.25) is 0 Å². The molecular formula is C30H22N2O2. The highest BCUT2D eigenvalue weighted by molar-refractivity contribution is 6.00. The molecule has 4 aromatic rings. The van der Waals surface area contributed by atoms with Crippen molar-refractivity contribution in [3.8, 4) is 39.8 Å². The molecular weight excluding hydrogens is 420 g/mol. The van der Waals surface area contributed by atoms with Gasteiger partial charge in [0.05, 0.1) is 32.4 Å². The lowest BCUT2D eigenvalue weighted by molar-refractivity contribution is 0.415. The van der Waals surface area contributed by atoms with Crippen molar-refractivity contribution in [2.45, 2.75) is 0 Å². The van der Waals surface area contributed by atoms with Gasteiger partial charge in [-0.1, -0.05) is 72.8 Å². The molecule has 0 aliphatic heterocycles. The Morgan fingerprint density at radius 1 is 0.618 bits per heavy atom. The summed E-state index contributed by atoms with van der Waals surface area (Å²) in [5.74, 6) is 1.60. The molecule has 34 heavy (non-hydrogen) atoms. The van der Waals surface area contributed by atoms with E-state index < -0.39 is 0 Å². The zero-order valence-electron chi connectivity index (χ0n) is 18.9. The predicted molar refractivity (Wildman–Crippen MR) is 136 cm³/mol. The molecule has 0 aliphatic rings. The normalized spacial score (nSPS) is 11.1. The van der Waals surface area contributed by atoms with Crippen LogP contribution in [0.5, 0.6) is 11.5 Å². The van der Waals surface area contributed by atoms with Crippen LogP contribution < -0.4 is 9.47 Å². The topological polar surface area (TPSA) is 46.6 Å². The molecule has 0 atom stereocenters. The van der Waals surface area contributed by atoms with E-state index in [-0.39, 0.29) is 0 Å². The van der Waals surface area contributed by atoms with Crippen LogP contribution in [-0.4, -0.2) is 14.2 Å². The Kier molecular flexibility index (Phi) is 6.73. The quantitative estimate of drug-likeness (QED) is 0.178. The molecule has 4 heteroatoms. The van der Waals surface area contributed by atoms with Crippen LogP contribution in [0, 0.1) is 17.9 Å². The Hall–Kier alpha value is -4.80. The van der Waals surface area contributed by atoms with E-state index in [2.05, 4.69) is 10.9 Å². The van der Waals surface area contributed by atoms with Crippen LogP contribution >= 0.6 is 0 Å². The van der Waals surface area contributed by atoms with E-state index in [4.69, 9.17) is 16.0 Å². The summed E-state index contributed by atoms with van der Waals surface area (Å²) in [5.41, 5.74) is 6.27. The van der Waals surface area contributed by atoms with Crippen LogP contribution in [0.15, 0.2) is 97.1 Å². The molecule has 4 aromatic carbocycles. The molecule has 4 rings (SSSR count). The molecule has 0 unspecified atom stereocenters. The van der Waals surface area contributed by atoms with Gasteiger partial charge in [-0.3, -0.25) is 0 Å². The Balaban J connectivity index is 1.64. The first-order valence-electron chi connectivity index (χ1n) is 10.7. The number of benzene rings is 4. The molecule has 0 aromatic heterocycles. The van der Waals surface area contributed by atoms with Gasteiger partial charge >= 0.3 is 0 Å². The first-order chi connectivity index (χ1) is 16.7. The van der Waals surface area contributed by atoms with E-state index in [1.807, 2.05) is 97.1 Å². The smallest absolute Gasteiger partial charge is 0.212 e. The van der Waals surface area contributed by atoms with E-state index in [0.717, 1.165) is 33.8 Å². The van der Waals surface area contributed by atoms with Gasteiger partial charge in [-0.05, 0) is 57.6 Å². The molecule has 4 nitrogen and oxygen atoms in total. The molecule has 0 spiro atoms. The number of hydrogen-bond acceptors (Lipinski definition) is 3. The van der Waals surface area contributed by atoms with Gasteiger partial charge in [0.25, 0.3) is 0 Å². The molecule has 0 N–H and O–H groups in total. The zero-order valence-corrected chi connectivity index (χ0v) is 18.9. The summed E-state index contributed by atoms with van der Waals surface area (Å²) in [5, 5.41) is 9.89. The van der Waals surface area contributed by atoms with Crippen molar-refractivity contribution in [3.05, 3.63) is 120 Å². The van der Waals surface area contributed by atoms with Gasteiger partial charge < -0.3 is 9.47 Å². The lowest BCUT2D eigenvalue weighted by Gasteiger charge is -2.08. The average Bonchev–Trinajstić information content (AvgIpc) is 2.92. The number of hydrogen-bond donors (Lipinski definition) is 0. The van der Waals surface area contributed by atoms with Gasteiger partial charge in [0.1, 0.15) is 11.5 Å². The number of rotatable bonds is 6. The minimum atomic E-state index is 0.334. The summed E-state index contributed by atoms with van der Waals surface area (Å²) in [6.07, 6.45) is 0. The number of nitriles is 1. The molecule has 164 valence electrons. The van der Waals surface area contributed by atoms with Crippen molar-refractivity contribution >= 4 is 11.3 Å². The number of nitrogens with zero attached hydrogens (tertiary/aromatic N) is 2. The van der Waals surface area contributed by atoms with Crippen LogP contribution in [0.25, 0.3) is 38.4 Å². The fraction of sp³-hybridized carbons (Fsp3) is 0.0667. The third-order valence-electron chi connectivity index (χ3n) is 5.64. The Bertz CT molecular complexity index is 1280. The minimum Gasteiger partial charge on any atom is -0.497 e. The van der Waals surface area contributed by atoms with Crippen LogP contribution in [-0.2, 0) is 0 Å². The summed E-state index contributed by atoms with van der Waals surface area (Å²) < 4.78 is 10.4. The van der Waals surface area contributed by atoms with Crippen molar-refractivity contribution in [1.29, 1.82) is 5.26 Å². The van der Waals surface area contributed by atoms with E-state index in [1.165, 1.54) is 0 Å². The van der Waals surface area contributed by atoms with Crippen LogP contribution in [0.1, 0.15) is 11.1 Å². The van der Waals surface area contributed by atoms with E-state index in [1.54, 1.807) is 14.2 Å². The molecule has 0 saturated carbocycles. The van der Waals surface area contributed by atoms with Crippen molar-refractivity contribution in [1.82, 2.24) is 0 Å². The standard InChI is InChI=1S/C30H22N2O2/c1-32-30(26-10-6-22(7-11-26)24-14-18-28(34-3)19-15-24)29(20-31)25-8-4-21(5-9-25)23-12-16-27(33-2)17-13-23/h4-19H,2-3H3. The monoisotopic (exact) mass is 442 g/mol. The van der Waals surface area contributed by atoms with Gasteiger partial charge in [0.15, 0.2) is 0 Å². The van der Waals surface area contributed by atoms with Gasteiger partial charge in [0, 0.05) is 0 Å². The molecule has 0 radical (unpaired) electrons. The molecule has 0 fully saturated rings.